The van der Waals surface area contributed by atoms with Crippen LogP contribution in [0.25, 0.3) is 10.9 Å². The van der Waals surface area contributed by atoms with Crippen molar-refractivity contribution >= 4 is 51.7 Å². The predicted molar refractivity (Wildman–Crippen MR) is 126 cm³/mol. The number of H-pyrrole nitrogens is 1. The van der Waals surface area contributed by atoms with Crippen molar-refractivity contribution in [1.29, 1.82) is 0 Å². The summed E-state index contributed by atoms with van der Waals surface area (Å²) in [7, 11) is 0. The average molecular weight is 456 g/mol. The van der Waals surface area contributed by atoms with Gasteiger partial charge in [-0.05, 0) is 65.0 Å². The van der Waals surface area contributed by atoms with E-state index < -0.39 is 0 Å². The predicted octanol–water partition coefficient (Wildman–Crippen LogP) is 6.78. The van der Waals surface area contributed by atoms with Crippen molar-refractivity contribution in [3.8, 4) is 5.75 Å². The molecule has 0 amide bonds. The SMILES string of the molecule is Clc1ccc(NSc2ccc(OCc3ccc4c(c3)CNC4)cc2)c2[nH]cc(Cl)c12. The molecule has 0 fully saturated rings. The molecule has 2 heterocycles. The zero-order chi connectivity index (χ0) is 20.5. The lowest BCUT2D eigenvalue weighted by Gasteiger charge is -2.10. The Balaban J connectivity index is 1.21. The molecule has 3 aromatic carbocycles. The van der Waals surface area contributed by atoms with Gasteiger partial charge in [-0.1, -0.05) is 41.4 Å². The molecule has 0 spiro atoms. The van der Waals surface area contributed by atoms with Gasteiger partial charge in [0, 0.05) is 29.6 Å². The summed E-state index contributed by atoms with van der Waals surface area (Å²) in [6, 6.07) is 18.4. The Bertz CT molecular complexity index is 1210. The molecule has 4 nitrogen and oxygen atoms in total. The molecule has 152 valence electrons. The van der Waals surface area contributed by atoms with E-state index in [1.807, 2.05) is 36.4 Å². The molecule has 30 heavy (non-hydrogen) atoms. The molecule has 0 unspecified atom stereocenters. The Morgan fingerprint density at radius 3 is 2.63 bits per heavy atom. The van der Waals surface area contributed by atoms with Crippen LogP contribution in [0.4, 0.5) is 5.69 Å². The van der Waals surface area contributed by atoms with E-state index in [1.54, 1.807) is 6.20 Å². The molecular weight excluding hydrogens is 437 g/mol. The molecule has 1 aliphatic heterocycles. The van der Waals surface area contributed by atoms with E-state index >= 15 is 0 Å². The van der Waals surface area contributed by atoms with Crippen LogP contribution in [-0.2, 0) is 19.7 Å². The molecule has 3 N–H and O–H groups in total. The van der Waals surface area contributed by atoms with Gasteiger partial charge < -0.3 is 19.8 Å². The Hall–Kier alpha value is -2.31. The number of aromatic amines is 1. The number of hydrogen-bond acceptors (Lipinski definition) is 4. The standard InChI is InChI=1S/C23H19Cl2N3OS/c24-19-7-8-21(23-22(19)20(25)12-27-23)28-30-18-5-3-17(4-6-18)29-13-14-1-2-15-10-26-11-16(15)9-14/h1-9,12,26-28H,10-11,13H2. The molecule has 1 aliphatic rings. The Kier molecular flexibility index (Phi) is 5.52. The summed E-state index contributed by atoms with van der Waals surface area (Å²) in [5, 5.41) is 5.44. The lowest BCUT2D eigenvalue weighted by atomic mass is 10.1. The molecule has 0 bridgehead atoms. The van der Waals surface area contributed by atoms with Crippen LogP contribution in [0, 0.1) is 0 Å². The second-order valence-electron chi connectivity index (χ2n) is 7.15. The first-order chi connectivity index (χ1) is 14.7. The van der Waals surface area contributed by atoms with Crippen molar-refractivity contribution in [3.05, 3.63) is 87.5 Å². The maximum absolute atomic E-state index is 6.26. The number of fused-ring (bicyclic) bond motifs is 2. The topological polar surface area (TPSA) is 49.1 Å². The maximum atomic E-state index is 6.26. The third kappa shape index (κ3) is 3.98. The number of nitrogens with one attached hydrogen (secondary N) is 3. The van der Waals surface area contributed by atoms with Crippen molar-refractivity contribution in [3.63, 3.8) is 0 Å². The lowest BCUT2D eigenvalue weighted by Crippen LogP contribution is -2.00. The minimum absolute atomic E-state index is 0.564. The summed E-state index contributed by atoms with van der Waals surface area (Å²) in [5.41, 5.74) is 5.76. The van der Waals surface area contributed by atoms with Gasteiger partial charge in [0.2, 0.25) is 0 Å². The van der Waals surface area contributed by atoms with Crippen LogP contribution in [0.3, 0.4) is 0 Å². The summed E-state index contributed by atoms with van der Waals surface area (Å²) in [6.45, 7) is 2.47. The van der Waals surface area contributed by atoms with Crippen LogP contribution in [0.2, 0.25) is 10.0 Å². The fourth-order valence-electron chi connectivity index (χ4n) is 3.58. The number of aromatic nitrogens is 1. The molecule has 1 aromatic heterocycles. The molecule has 0 saturated carbocycles. The third-order valence-corrected chi connectivity index (χ3v) is 6.59. The van der Waals surface area contributed by atoms with E-state index in [-0.39, 0.29) is 0 Å². The van der Waals surface area contributed by atoms with Gasteiger partial charge in [-0.15, -0.1) is 0 Å². The zero-order valence-corrected chi connectivity index (χ0v) is 18.3. The second-order valence-corrected chi connectivity index (χ2v) is 8.85. The highest BCUT2D eigenvalue weighted by Gasteiger charge is 2.11. The van der Waals surface area contributed by atoms with Gasteiger partial charge in [-0.2, -0.15) is 0 Å². The Morgan fingerprint density at radius 1 is 0.933 bits per heavy atom. The van der Waals surface area contributed by atoms with E-state index in [0.717, 1.165) is 40.3 Å². The largest absolute Gasteiger partial charge is 0.489 e. The fraction of sp³-hybridized carbons (Fsp3) is 0.130. The van der Waals surface area contributed by atoms with Gasteiger partial charge in [-0.25, -0.2) is 0 Å². The van der Waals surface area contributed by atoms with Crippen LogP contribution in [0.1, 0.15) is 16.7 Å². The lowest BCUT2D eigenvalue weighted by molar-refractivity contribution is 0.306. The normalized spacial score (nSPS) is 12.9. The molecule has 5 rings (SSSR count). The number of ether oxygens (including phenoxy) is 1. The minimum Gasteiger partial charge on any atom is -0.489 e. The summed E-state index contributed by atoms with van der Waals surface area (Å²) < 4.78 is 9.33. The van der Waals surface area contributed by atoms with Crippen LogP contribution < -0.4 is 14.8 Å². The van der Waals surface area contributed by atoms with Gasteiger partial charge in [-0.3, -0.25) is 0 Å². The highest BCUT2D eigenvalue weighted by molar-refractivity contribution is 8.00. The fourth-order valence-corrected chi connectivity index (χ4v) is 4.80. The number of hydrogen-bond donors (Lipinski definition) is 3. The highest BCUT2D eigenvalue weighted by atomic mass is 35.5. The van der Waals surface area contributed by atoms with Gasteiger partial charge in [0.05, 0.1) is 21.2 Å². The molecule has 7 heteroatoms. The number of halogens is 2. The first kappa shape index (κ1) is 19.6. The first-order valence-corrected chi connectivity index (χ1v) is 11.2. The highest BCUT2D eigenvalue weighted by Crippen LogP contribution is 2.36. The Labute approximate surface area is 189 Å². The molecule has 4 aromatic rings. The van der Waals surface area contributed by atoms with E-state index in [9.17, 15) is 0 Å². The first-order valence-electron chi connectivity index (χ1n) is 9.59. The monoisotopic (exact) mass is 455 g/mol. The average Bonchev–Trinajstić information content (AvgIpc) is 3.39. The van der Waals surface area contributed by atoms with E-state index in [0.29, 0.717) is 16.7 Å². The van der Waals surface area contributed by atoms with Crippen LogP contribution >= 0.6 is 35.1 Å². The van der Waals surface area contributed by atoms with Crippen molar-refractivity contribution < 1.29 is 4.74 Å². The van der Waals surface area contributed by atoms with Crippen LogP contribution in [-0.4, -0.2) is 4.98 Å². The second kappa shape index (κ2) is 8.44. The molecular formula is C23H19Cl2N3OS. The van der Waals surface area contributed by atoms with Gasteiger partial charge >= 0.3 is 0 Å². The quantitative estimate of drug-likeness (QED) is 0.280. The molecule has 0 atom stereocenters. The summed E-state index contributed by atoms with van der Waals surface area (Å²) in [4.78, 5) is 4.25. The van der Waals surface area contributed by atoms with E-state index in [4.69, 9.17) is 27.9 Å². The number of anilines is 1. The minimum atomic E-state index is 0.564. The van der Waals surface area contributed by atoms with Crippen molar-refractivity contribution in [1.82, 2.24) is 10.3 Å². The summed E-state index contributed by atoms with van der Waals surface area (Å²) >= 11 is 14.0. The molecule has 0 aliphatic carbocycles. The summed E-state index contributed by atoms with van der Waals surface area (Å²) in [6.07, 6.45) is 1.75. The van der Waals surface area contributed by atoms with Crippen LogP contribution in [0.5, 0.6) is 5.75 Å². The number of rotatable bonds is 6. The maximum Gasteiger partial charge on any atom is 0.119 e. The number of benzene rings is 3. The van der Waals surface area contributed by atoms with Gasteiger partial charge in [0.25, 0.3) is 0 Å². The van der Waals surface area contributed by atoms with E-state index in [2.05, 4.69) is 33.2 Å². The van der Waals surface area contributed by atoms with Crippen molar-refractivity contribution in [2.75, 3.05) is 4.72 Å². The van der Waals surface area contributed by atoms with Gasteiger partial charge in [0.1, 0.15) is 12.4 Å². The van der Waals surface area contributed by atoms with Crippen molar-refractivity contribution in [2.45, 2.75) is 24.6 Å². The van der Waals surface area contributed by atoms with Gasteiger partial charge in [0.15, 0.2) is 0 Å². The third-order valence-electron chi connectivity index (χ3n) is 5.15. The van der Waals surface area contributed by atoms with E-state index in [1.165, 1.54) is 28.6 Å². The van der Waals surface area contributed by atoms with Crippen LogP contribution in [0.15, 0.2) is 65.7 Å². The van der Waals surface area contributed by atoms with Crippen molar-refractivity contribution in [2.24, 2.45) is 0 Å². The smallest absolute Gasteiger partial charge is 0.119 e. The molecule has 0 saturated heterocycles. The zero-order valence-electron chi connectivity index (χ0n) is 16.0. The Morgan fingerprint density at radius 2 is 1.77 bits per heavy atom. The summed E-state index contributed by atoms with van der Waals surface area (Å²) in [5.74, 6) is 0.850. The molecule has 0 radical (unpaired) electrons.